The number of ether oxygens (including phenoxy) is 2. The van der Waals surface area contributed by atoms with Gasteiger partial charge in [0.1, 0.15) is 12.4 Å². The molecule has 5 heteroatoms. The highest BCUT2D eigenvalue weighted by Crippen LogP contribution is 2.28. The number of thioether (sulfide) groups is 2. The van der Waals surface area contributed by atoms with Gasteiger partial charge in [-0.3, -0.25) is 0 Å². The predicted octanol–water partition coefficient (Wildman–Crippen LogP) is 9.40. The Balaban J connectivity index is 1.34. The third-order valence-corrected chi connectivity index (χ3v) is 8.74. The number of carbonyl (C=O) groups is 1. The lowest BCUT2D eigenvalue weighted by molar-refractivity contribution is -0.137. The summed E-state index contributed by atoms with van der Waals surface area (Å²) in [6.07, 6.45) is 2.79. The molecule has 0 amide bonds. The van der Waals surface area contributed by atoms with Crippen LogP contribution < -0.4 is 0 Å². The molecule has 4 rings (SSSR count). The molecule has 0 fully saturated rings. The average molecular weight is 641 g/mol. The van der Waals surface area contributed by atoms with Gasteiger partial charge >= 0.3 is 5.97 Å². The largest absolute Gasteiger partial charge is 0.493 e. The zero-order chi connectivity index (χ0) is 32.7. The monoisotopic (exact) mass is 640 g/mol. The second kappa shape index (κ2) is 17.6. The highest BCUT2D eigenvalue weighted by atomic mass is 32.2. The summed E-state index contributed by atoms with van der Waals surface area (Å²) >= 11 is 3.37. The van der Waals surface area contributed by atoms with Crippen molar-refractivity contribution < 1.29 is 14.3 Å². The van der Waals surface area contributed by atoms with E-state index in [1.165, 1.54) is 33.2 Å². The van der Waals surface area contributed by atoms with Crippen molar-refractivity contribution in [3.8, 4) is 34.8 Å². The fourth-order valence-corrected chi connectivity index (χ4v) is 5.86. The van der Waals surface area contributed by atoms with E-state index in [-0.39, 0.29) is 0 Å². The maximum Gasteiger partial charge on any atom is 0.330 e. The van der Waals surface area contributed by atoms with Crippen LogP contribution in [-0.4, -0.2) is 30.7 Å². The van der Waals surface area contributed by atoms with E-state index in [4.69, 9.17) is 9.47 Å². The lowest BCUT2D eigenvalue weighted by atomic mass is 9.94. The molecule has 0 unspecified atom stereocenters. The fourth-order valence-electron chi connectivity index (χ4n) is 4.40. The quantitative estimate of drug-likeness (QED) is 0.0293. The van der Waals surface area contributed by atoms with Crippen LogP contribution in [0.25, 0.3) is 11.1 Å². The standard InChI is InChI=1S/C41H36O3S2/c1-6-32(5)43-24-26-45-37-18-12-33(13-19-37)8-10-35-16-22-39(30(3)28-35)40-23-17-36(29-31(40)4)11-9-34-14-20-38(21-15-34)46-27-25-44-41(42)7-2/h6-7,12-23,28-29H,1-2,5,24-27H2,3-4H3. The lowest BCUT2D eigenvalue weighted by Gasteiger charge is -2.10. The Morgan fingerprint density at radius 2 is 1.04 bits per heavy atom. The van der Waals surface area contributed by atoms with Crippen molar-refractivity contribution in [2.45, 2.75) is 23.6 Å². The van der Waals surface area contributed by atoms with Crippen LogP contribution >= 0.6 is 23.5 Å². The molecule has 0 spiro atoms. The minimum atomic E-state index is -0.396. The van der Waals surface area contributed by atoms with Crippen LogP contribution in [0.3, 0.4) is 0 Å². The molecule has 0 aliphatic rings. The molecule has 0 N–H and O–H groups in total. The van der Waals surface area contributed by atoms with E-state index in [0.717, 1.165) is 32.9 Å². The molecule has 0 radical (unpaired) electrons. The third-order valence-electron chi connectivity index (χ3n) is 6.78. The predicted molar refractivity (Wildman–Crippen MR) is 194 cm³/mol. The van der Waals surface area contributed by atoms with Crippen LogP contribution in [0.4, 0.5) is 0 Å². The van der Waals surface area contributed by atoms with Crippen molar-refractivity contribution in [2.24, 2.45) is 0 Å². The van der Waals surface area contributed by atoms with E-state index in [1.807, 2.05) is 24.3 Å². The summed E-state index contributed by atoms with van der Waals surface area (Å²) in [6, 6.07) is 29.1. The molecule has 0 aliphatic carbocycles. The van der Waals surface area contributed by atoms with Crippen molar-refractivity contribution in [3.05, 3.63) is 156 Å². The van der Waals surface area contributed by atoms with Crippen LogP contribution in [0.5, 0.6) is 0 Å². The van der Waals surface area contributed by atoms with Gasteiger partial charge in [0.2, 0.25) is 0 Å². The molecule has 0 aromatic heterocycles. The van der Waals surface area contributed by atoms with Crippen LogP contribution in [-0.2, 0) is 14.3 Å². The zero-order valence-corrected chi connectivity index (χ0v) is 27.9. The topological polar surface area (TPSA) is 35.5 Å². The highest BCUT2D eigenvalue weighted by molar-refractivity contribution is 7.99. The molecule has 0 saturated carbocycles. The maximum atomic E-state index is 11.1. The fraction of sp³-hybridized carbons (Fsp3) is 0.146. The van der Waals surface area contributed by atoms with Crippen molar-refractivity contribution in [3.63, 3.8) is 0 Å². The molecule has 0 atom stereocenters. The van der Waals surface area contributed by atoms with Crippen LogP contribution in [0.1, 0.15) is 33.4 Å². The molecule has 0 aliphatic heterocycles. The van der Waals surface area contributed by atoms with Gasteiger partial charge in [-0.25, -0.2) is 4.79 Å². The average Bonchev–Trinajstić information content (AvgIpc) is 3.08. The Bertz CT molecular complexity index is 1690. The van der Waals surface area contributed by atoms with Gasteiger partial charge < -0.3 is 9.47 Å². The minimum absolute atomic E-state index is 0.353. The normalized spacial score (nSPS) is 10.0. The Morgan fingerprint density at radius 1 is 0.630 bits per heavy atom. The third kappa shape index (κ3) is 10.7. The molecule has 3 nitrogen and oxygen atoms in total. The van der Waals surface area contributed by atoms with E-state index >= 15 is 0 Å². The van der Waals surface area contributed by atoms with E-state index < -0.39 is 5.97 Å². The number of carbonyl (C=O) groups excluding carboxylic acids is 1. The van der Waals surface area contributed by atoms with E-state index in [1.54, 1.807) is 29.6 Å². The smallest absolute Gasteiger partial charge is 0.330 e. The second-order valence-electron chi connectivity index (χ2n) is 10.2. The van der Waals surface area contributed by atoms with Crippen molar-refractivity contribution >= 4 is 29.5 Å². The molecule has 46 heavy (non-hydrogen) atoms. The number of esters is 1. The van der Waals surface area contributed by atoms with Gasteiger partial charge in [0.15, 0.2) is 0 Å². The van der Waals surface area contributed by atoms with Gasteiger partial charge in [-0.05, 0) is 115 Å². The first-order valence-electron chi connectivity index (χ1n) is 14.8. The SMILES string of the molecule is C=CC(=C)OCCSc1ccc(C#Cc2ccc(-c3ccc(C#Cc4ccc(SCCOC(=O)C=C)cc4)cc3C)c(C)c2)cc1. The summed E-state index contributed by atoms with van der Waals surface area (Å²) < 4.78 is 10.5. The van der Waals surface area contributed by atoms with Gasteiger partial charge in [0, 0.05) is 49.6 Å². The number of rotatable bonds is 12. The Labute approximate surface area is 281 Å². The molecule has 230 valence electrons. The van der Waals surface area contributed by atoms with E-state index in [2.05, 4.69) is 118 Å². The van der Waals surface area contributed by atoms with Gasteiger partial charge in [0.25, 0.3) is 0 Å². The van der Waals surface area contributed by atoms with Crippen LogP contribution in [0.2, 0.25) is 0 Å². The van der Waals surface area contributed by atoms with Crippen molar-refractivity contribution in [2.75, 3.05) is 24.7 Å². The molecule has 4 aromatic rings. The Kier molecular flexibility index (Phi) is 13.0. The van der Waals surface area contributed by atoms with E-state index in [9.17, 15) is 4.79 Å². The number of hydrogen-bond acceptors (Lipinski definition) is 5. The summed E-state index contributed by atoms with van der Waals surface area (Å²) in [5.41, 5.74) is 8.62. The van der Waals surface area contributed by atoms with Gasteiger partial charge in [0.05, 0.1) is 6.61 Å². The highest BCUT2D eigenvalue weighted by Gasteiger charge is 2.07. The van der Waals surface area contributed by atoms with Gasteiger partial charge in [-0.1, -0.05) is 55.6 Å². The summed E-state index contributed by atoms with van der Waals surface area (Å²) in [4.78, 5) is 13.4. The number of allylic oxidation sites excluding steroid dienone is 1. The molecule has 0 heterocycles. The number of hydrogen-bond donors (Lipinski definition) is 0. The number of benzene rings is 4. The number of aryl methyl sites for hydroxylation is 2. The van der Waals surface area contributed by atoms with Gasteiger partial charge in [-0.15, -0.1) is 23.5 Å². The Morgan fingerprint density at radius 3 is 1.46 bits per heavy atom. The van der Waals surface area contributed by atoms with Crippen molar-refractivity contribution in [1.29, 1.82) is 0 Å². The van der Waals surface area contributed by atoms with Crippen LogP contribution in [0, 0.1) is 37.5 Å². The van der Waals surface area contributed by atoms with Crippen molar-refractivity contribution in [1.82, 2.24) is 0 Å². The summed E-state index contributed by atoms with van der Waals surface area (Å²) in [7, 11) is 0. The summed E-state index contributed by atoms with van der Waals surface area (Å²) in [5, 5.41) is 0. The maximum absolute atomic E-state index is 11.1. The van der Waals surface area contributed by atoms with E-state index in [0.29, 0.717) is 24.7 Å². The summed E-state index contributed by atoms with van der Waals surface area (Å²) in [6.45, 7) is 16.0. The minimum Gasteiger partial charge on any atom is -0.493 e. The zero-order valence-electron chi connectivity index (χ0n) is 26.2. The molecule has 4 aromatic carbocycles. The Hall–Kier alpha value is -4.81. The molecular weight excluding hydrogens is 605 g/mol. The first-order chi connectivity index (χ1) is 22.3. The van der Waals surface area contributed by atoms with Crippen LogP contribution in [0.15, 0.2) is 132 Å². The molecule has 0 bridgehead atoms. The first kappa shape index (κ1) is 34.1. The summed E-state index contributed by atoms with van der Waals surface area (Å²) in [5.74, 6) is 14.9. The molecule has 0 saturated heterocycles. The molecular formula is C41H36O3S2. The lowest BCUT2D eigenvalue weighted by Crippen LogP contribution is -2.03. The first-order valence-corrected chi connectivity index (χ1v) is 16.8. The second-order valence-corrected chi connectivity index (χ2v) is 12.5. The van der Waals surface area contributed by atoms with Gasteiger partial charge in [-0.2, -0.15) is 0 Å².